The van der Waals surface area contributed by atoms with Crippen molar-refractivity contribution < 1.29 is 13.7 Å². The van der Waals surface area contributed by atoms with Gasteiger partial charge in [0.1, 0.15) is 5.82 Å². The van der Waals surface area contributed by atoms with Crippen molar-refractivity contribution in [1.29, 1.82) is 0 Å². The van der Waals surface area contributed by atoms with Crippen LogP contribution in [0.1, 0.15) is 45.7 Å². The fourth-order valence-electron chi connectivity index (χ4n) is 2.59. The Bertz CT molecular complexity index is 536. The Labute approximate surface area is 124 Å². The second-order valence-corrected chi connectivity index (χ2v) is 7.09. The van der Waals surface area contributed by atoms with Crippen LogP contribution in [0.5, 0.6) is 0 Å². The van der Waals surface area contributed by atoms with E-state index in [1.165, 1.54) is 12.3 Å². The van der Waals surface area contributed by atoms with Crippen LogP contribution in [0.3, 0.4) is 0 Å². The summed E-state index contributed by atoms with van der Waals surface area (Å²) >= 11 is 5.73. The van der Waals surface area contributed by atoms with Crippen LogP contribution in [0.4, 0.5) is 4.39 Å². The zero-order chi connectivity index (χ0) is 14.7. The molecule has 0 aromatic carbocycles. The van der Waals surface area contributed by atoms with Crippen LogP contribution < -0.4 is 0 Å². The number of nitrogens with zero attached hydrogens (tertiary/aromatic N) is 1. The molecule has 2 atom stereocenters. The summed E-state index contributed by atoms with van der Waals surface area (Å²) < 4.78 is 25.9. The monoisotopic (exact) mass is 297 g/mol. The number of rotatable bonds is 2. The average Bonchev–Trinajstić information content (AvgIpc) is 3.02. The minimum absolute atomic E-state index is 0.0574. The van der Waals surface area contributed by atoms with E-state index in [-0.39, 0.29) is 35.9 Å². The number of pyridine rings is 1. The first kappa shape index (κ1) is 14.3. The van der Waals surface area contributed by atoms with Gasteiger partial charge in [-0.3, -0.25) is 4.98 Å². The zero-order valence-electron chi connectivity index (χ0n) is 12.1. The van der Waals surface area contributed by atoms with Crippen molar-refractivity contribution in [3.8, 4) is 0 Å². The van der Waals surface area contributed by atoms with E-state index in [1.807, 2.05) is 27.7 Å². The molecule has 1 aromatic heterocycles. The first-order valence-corrected chi connectivity index (χ1v) is 7.26. The zero-order valence-corrected chi connectivity index (χ0v) is 12.9. The number of hydrogen-bond donors (Lipinski definition) is 0. The molecule has 1 aromatic rings. The molecule has 1 saturated heterocycles. The summed E-state index contributed by atoms with van der Waals surface area (Å²) in [4.78, 5) is 4.12. The van der Waals surface area contributed by atoms with Crippen molar-refractivity contribution in [2.45, 2.75) is 57.1 Å². The van der Waals surface area contributed by atoms with Gasteiger partial charge in [0.2, 0.25) is 0 Å². The molecule has 3 nitrogen and oxygen atoms in total. The van der Waals surface area contributed by atoms with E-state index in [0.717, 1.165) is 6.42 Å². The van der Waals surface area contributed by atoms with Gasteiger partial charge in [-0.05, 0) is 40.2 Å². The molecule has 2 heterocycles. The number of aromatic nitrogens is 1. The van der Waals surface area contributed by atoms with Crippen LogP contribution in [0.2, 0.25) is 10.8 Å². The lowest BCUT2D eigenvalue weighted by Crippen LogP contribution is -2.41. The molecular formula is C14H18BClFNO2. The molecule has 0 amide bonds. The van der Waals surface area contributed by atoms with Gasteiger partial charge in [0.05, 0.1) is 21.9 Å². The van der Waals surface area contributed by atoms with Gasteiger partial charge < -0.3 is 9.31 Å². The number of hydrogen-bond acceptors (Lipinski definition) is 3. The lowest BCUT2D eigenvalue weighted by Gasteiger charge is -2.32. The van der Waals surface area contributed by atoms with E-state index in [4.69, 9.17) is 20.9 Å². The average molecular weight is 298 g/mol. The molecule has 1 aliphatic heterocycles. The molecule has 20 heavy (non-hydrogen) atoms. The summed E-state index contributed by atoms with van der Waals surface area (Å²) in [6.07, 6.45) is 2.32. The Kier molecular flexibility index (Phi) is 3.16. The maximum Gasteiger partial charge on any atom is 0.461 e. The summed E-state index contributed by atoms with van der Waals surface area (Å²) in [6.45, 7) is 8.08. The molecule has 0 N–H and O–H groups in total. The normalized spacial score (nSPS) is 30.6. The van der Waals surface area contributed by atoms with E-state index >= 15 is 0 Å². The van der Waals surface area contributed by atoms with Gasteiger partial charge in [0.25, 0.3) is 0 Å². The van der Waals surface area contributed by atoms with Crippen molar-refractivity contribution in [2.24, 2.45) is 0 Å². The molecule has 2 unspecified atom stereocenters. The van der Waals surface area contributed by atoms with Gasteiger partial charge in [0, 0.05) is 17.9 Å². The summed E-state index contributed by atoms with van der Waals surface area (Å²) in [6, 6.07) is 1.31. The van der Waals surface area contributed by atoms with Gasteiger partial charge in [-0.25, -0.2) is 4.39 Å². The molecule has 0 radical (unpaired) electrons. The predicted octanol–water partition coefficient (Wildman–Crippen LogP) is 3.82. The third-order valence-electron chi connectivity index (χ3n) is 4.65. The topological polar surface area (TPSA) is 31.4 Å². The summed E-state index contributed by atoms with van der Waals surface area (Å²) in [5, 5.41) is 0.319. The molecule has 6 heteroatoms. The van der Waals surface area contributed by atoms with Crippen molar-refractivity contribution in [3.05, 3.63) is 28.8 Å². The van der Waals surface area contributed by atoms with Gasteiger partial charge in [0.15, 0.2) is 0 Å². The van der Waals surface area contributed by atoms with Crippen LogP contribution in [-0.2, 0) is 9.31 Å². The van der Waals surface area contributed by atoms with E-state index in [2.05, 4.69) is 4.98 Å². The van der Waals surface area contributed by atoms with Crippen LogP contribution in [0.25, 0.3) is 0 Å². The van der Waals surface area contributed by atoms with E-state index in [0.29, 0.717) is 10.7 Å². The maximum absolute atomic E-state index is 13.9. The highest BCUT2D eigenvalue weighted by Gasteiger charge is 2.60. The molecule has 1 saturated carbocycles. The second-order valence-electron chi connectivity index (χ2n) is 6.65. The molecule has 108 valence electrons. The predicted molar refractivity (Wildman–Crippen MR) is 76.4 cm³/mol. The quantitative estimate of drug-likeness (QED) is 0.778. The molecule has 0 bridgehead atoms. The minimum Gasteiger partial charge on any atom is -0.403 e. The lowest BCUT2D eigenvalue weighted by atomic mass is 9.80. The largest absolute Gasteiger partial charge is 0.461 e. The Morgan fingerprint density at radius 3 is 2.45 bits per heavy atom. The third-order valence-corrected chi connectivity index (χ3v) is 4.86. The van der Waals surface area contributed by atoms with Crippen LogP contribution in [0, 0.1) is 5.82 Å². The van der Waals surface area contributed by atoms with Crippen LogP contribution in [0.15, 0.2) is 12.3 Å². The molecular weight excluding hydrogens is 279 g/mol. The summed E-state index contributed by atoms with van der Waals surface area (Å²) in [7, 11) is -0.290. The fourth-order valence-corrected chi connectivity index (χ4v) is 2.74. The smallest absolute Gasteiger partial charge is 0.403 e. The van der Waals surface area contributed by atoms with Crippen molar-refractivity contribution >= 4 is 18.7 Å². The van der Waals surface area contributed by atoms with Gasteiger partial charge in [-0.2, -0.15) is 0 Å². The highest BCUT2D eigenvalue weighted by atomic mass is 35.5. The summed E-state index contributed by atoms with van der Waals surface area (Å²) in [5.41, 5.74) is -0.234. The molecule has 1 aliphatic carbocycles. The Balaban J connectivity index is 1.74. The second kappa shape index (κ2) is 4.42. The molecule has 2 aliphatic rings. The van der Waals surface area contributed by atoms with Crippen LogP contribution in [-0.4, -0.2) is 23.3 Å². The van der Waals surface area contributed by atoms with E-state index < -0.39 is 0 Å². The standard InChI is InChI=1S/C14H18BClFNO2/c1-13(2)14(3,4)20-15(19-13)10-6-9(10)12-11(17)5-8(16)7-18-12/h5,7,9-10H,6H2,1-4H3. The maximum atomic E-state index is 13.9. The van der Waals surface area contributed by atoms with E-state index in [9.17, 15) is 4.39 Å². The molecule has 2 fully saturated rings. The first-order chi connectivity index (χ1) is 9.21. The third kappa shape index (κ3) is 2.26. The Hall–Kier alpha value is -0.645. The fraction of sp³-hybridized carbons (Fsp3) is 0.643. The van der Waals surface area contributed by atoms with Crippen molar-refractivity contribution in [1.82, 2.24) is 4.98 Å². The Morgan fingerprint density at radius 1 is 1.30 bits per heavy atom. The highest BCUT2D eigenvalue weighted by Crippen LogP contribution is 2.58. The lowest BCUT2D eigenvalue weighted by molar-refractivity contribution is 0.00578. The summed E-state index contributed by atoms with van der Waals surface area (Å²) in [5.74, 6) is -0.122. The van der Waals surface area contributed by atoms with Crippen LogP contribution >= 0.6 is 11.6 Å². The SMILES string of the molecule is CC1(C)OB(C2CC2c2ncc(Cl)cc2F)OC1(C)C. The molecule has 3 rings (SSSR count). The van der Waals surface area contributed by atoms with Gasteiger partial charge in [-0.15, -0.1) is 0 Å². The Morgan fingerprint density at radius 2 is 1.90 bits per heavy atom. The number of halogens is 2. The van der Waals surface area contributed by atoms with E-state index in [1.54, 1.807) is 0 Å². The first-order valence-electron chi connectivity index (χ1n) is 6.88. The molecule has 0 spiro atoms. The van der Waals surface area contributed by atoms with Crippen molar-refractivity contribution in [2.75, 3.05) is 0 Å². The minimum atomic E-state index is -0.350. The van der Waals surface area contributed by atoms with Crippen molar-refractivity contribution in [3.63, 3.8) is 0 Å². The van der Waals surface area contributed by atoms with Gasteiger partial charge >= 0.3 is 7.12 Å². The van der Waals surface area contributed by atoms with Gasteiger partial charge in [-0.1, -0.05) is 11.6 Å². The highest BCUT2D eigenvalue weighted by molar-refractivity contribution is 6.49.